The molecule has 2 rings (SSSR count). The zero-order chi connectivity index (χ0) is 8.55. The number of hydrogen-bond donors (Lipinski definition) is 0. The van der Waals surface area contributed by atoms with Gasteiger partial charge >= 0.3 is 0 Å². The number of rotatable bonds is 3. The van der Waals surface area contributed by atoms with Crippen molar-refractivity contribution in [3.8, 4) is 0 Å². The maximum atomic E-state index is 3.75. The second kappa shape index (κ2) is 3.51. The Balaban J connectivity index is 1.97. The van der Waals surface area contributed by atoms with Crippen molar-refractivity contribution in [1.29, 1.82) is 0 Å². The second-order valence-corrected chi connectivity index (χ2v) is 6.02. The van der Waals surface area contributed by atoms with Crippen LogP contribution in [0.4, 0.5) is 0 Å². The molecule has 0 bridgehead atoms. The van der Waals surface area contributed by atoms with Gasteiger partial charge in [-0.2, -0.15) is 0 Å². The molecule has 12 heavy (non-hydrogen) atoms. The van der Waals surface area contributed by atoms with Gasteiger partial charge in [-0.25, -0.2) is 0 Å². The molecule has 0 aromatic carbocycles. The Morgan fingerprint density at radius 2 is 2.33 bits per heavy atom. The van der Waals surface area contributed by atoms with Gasteiger partial charge in [0.05, 0.1) is 0 Å². The maximum absolute atomic E-state index is 3.75. The predicted octanol–water partition coefficient (Wildman–Crippen LogP) is 4.29. The molecule has 0 nitrogen and oxygen atoms in total. The summed E-state index contributed by atoms with van der Waals surface area (Å²) in [5.74, 6) is 1.01. The summed E-state index contributed by atoms with van der Waals surface area (Å²) in [5, 5.41) is 0. The highest BCUT2D eigenvalue weighted by Crippen LogP contribution is 2.42. The average molecular weight is 245 g/mol. The molecule has 1 fully saturated rings. The number of hydrogen-bond acceptors (Lipinski definition) is 1. The number of thiophene rings is 1. The lowest BCUT2D eigenvalue weighted by atomic mass is 10.2. The van der Waals surface area contributed by atoms with E-state index in [1.54, 1.807) is 0 Å². The molecular formula is C10H13BrS. The van der Waals surface area contributed by atoms with Crippen molar-refractivity contribution in [1.82, 2.24) is 0 Å². The minimum atomic E-state index is 0.615. The van der Waals surface area contributed by atoms with Gasteiger partial charge in [-0.1, -0.05) is 28.8 Å². The fourth-order valence-electron chi connectivity index (χ4n) is 1.38. The highest BCUT2D eigenvalue weighted by atomic mass is 79.9. The van der Waals surface area contributed by atoms with E-state index in [4.69, 9.17) is 0 Å². The fraction of sp³-hybridized carbons (Fsp3) is 0.600. The first kappa shape index (κ1) is 8.76. The topological polar surface area (TPSA) is 0 Å². The van der Waals surface area contributed by atoms with Crippen LogP contribution in [0, 0.1) is 12.8 Å². The van der Waals surface area contributed by atoms with Crippen molar-refractivity contribution >= 4 is 27.3 Å². The number of alkyl halides is 1. The van der Waals surface area contributed by atoms with E-state index in [1.807, 2.05) is 11.3 Å². The van der Waals surface area contributed by atoms with Crippen molar-refractivity contribution in [2.24, 2.45) is 5.92 Å². The Morgan fingerprint density at radius 1 is 1.58 bits per heavy atom. The minimum absolute atomic E-state index is 0.615. The molecule has 1 atom stereocenters. The van der Waals surface area contributed by atoms with E-state index in [0.717, 1.165) is 5.92 Å². The monoisotopic (exact) mass is 244 g/mol. The molecule has 1 heterocycles. The van der Waals surface area contributed by atoms with E-state index in [9.17, 15) is 0 Å². The Kier molecular flexibility index (Phi) is 2.56. The molecule has 1 aliphatic carbocycles. The van der Waals surface area contributed by atoms with Crippen molar-refractivity contribution < 1.29 is 0 Å². The Bertz CT molecular complexity index is 263. The lowest BCUT2D eigenvalue weighted by molar-refractivity contribution is 0.728. The number of aryl methyl sites for hydroxylation is 1. The van der Waals surface area contributed by atoms with Crippen LogP contribution in [0.15, 0.2) is 12.1 Å². The molecule has 0 saturated heterocycles. The quantitative estimate of drug-likeness (QED) is 0.697. The van der Waals surface area contributed by atoms with Crippen LogP contribution >= 0.6 is 27.3 Å². The maximum Gasteiger partial charge on any atom is 0.0491 e. The van der Waals surface area contributed by atoms with Gasteiger partial charge in [0, 0.05) is 14.6 Å². The third kappa shape index (κ3) is 2.11. The molecule has 0 N–H and O–H groups in total. The van der Waals surface area contributed by atoms with Gasteiger partial charge in [-0.15, -0.1) is 11.3 Å². The molecule has 1 aromatic rings. The first-order valence-electron chi connectivity index (χ1n) is 4.46. The summed E-state index contributed by atoms with van der Waals surface area (Å²) in [6.45, 7) is 2.17. The highest BCUT2D eigenvalue weighted by molar-refractivity contribution is 9.09. The summed E-state index contributed by atoms with van der Waals surface area (Å²) in [7, 11) is 0. The summed E-state index contributed by atoms with van der Waals surface area (Å²) >= 11 is 5.67. The van der Waals surface area contributed by atoms with Gasteiger partial charge < -0.3 is 0 Å². The zero-order valence-corrected chi connectivity index (χ0v) is 9.62. The van der Waals surface area contributed by atoms with Gasteiger partial charge in [-0.05, 0) is 31.4 Å². The molecule has 0 amide bonds. The molecular weight excluding hydrogens is 232 g/mol. The zero-order valence-electron chi connectivity index (χ0n) is 7.22. The van der Waals surface area contributed by atoms with Crippen LogP contribution in [0.2, 0.25) is 0 Å². The first-order valence-corrected chi connectivity index (χ1v) is 6.19. The van der Waals surface area contributed by atoms with Crippen LogP contribution in [-0.4, -0.2) is 0 Å². The fourth-order valence-corrected chi connectivity index (χ4v) is 3.21. The Hall–Kier alpha value is 0.180. The van der Waals surface area contributed by atoms with Gasteiger partial charge in [0.25, 0.3) is 0 Å². The van der Waals surface area contributed by atoms with E-state index >= 15 is 0 Å². The molecule has 1 aromatic heterocycles. The molecule has 0 radical (unpaired) electrons. The van der Waals surface area contributed by atoms with Gasteiger partial charge in [0.1, 0.15) is 0 Å². The second-order valence-electron chi connectivity index (χ2n) is 3.60. The highest BCUT2D eigenvalue weighted by Gasteiger charge is 2.25. The summed E-state index contributed by atoms with van der Waals surface area (Å²) in [6, 6.07) is 4.46. The molecule has 1 unspecified atom stereocenters. The predicted molar refractivity (Wildman–Crippen MR) is 58.1 cm³/mol. The van der Waals surface area contributed by atoms with Crippen LogP contribution in [0.25, 0.3) is 0 Å². The normalized spacial score (nSPS) is 19.5. The minimum Gasteiger partial charge on any atom is -0.145 e. The van der Waals surface area contributed by atoms with Crippen LogP contribution < -0.4 is 0 Å². The van der Waals surface area contributed by atoms with Gasteiger partial charge in [-0.3, -0.25) is 0 Å². The summed E-state index contributed by atoms with van der Waals surface area (Å²) in [6.07, 6.45) is 4.23. The van der Waals surface area contributed by atoms with Crippen LogP contribution in [0.1, 0.15) is 33.8 Å². The van der Waals surface area contributed by atoms with Crippen LogP contribution in [0.5, 0.6) is 0 Å². The van der Waals surface area contributed by atoms with E-state index in [-0.39, 0.29) is 0 Å². The average Bonchev–Trinajstić information content (AvgIpc) is 2.72. The van der Waals surface area contributed by atoms with Crippen molar-refractivity contribution in [3.05, 3.63) is 21.9 Å². The molecule has 66 valence electrons. The lowest BCUT2D eigenvalue weighted by Crippen LogP contribution is -1.86. The van der Waals surface area contributed by atoms with Crippen LogP contribution in [0.3, 0.4) is 0 Å². The van der Waals surface area contributed by atoms with Crippen molar-refractivity contribution in [2.45, 2.75) is 31.0 Å². The first-order chi connectivity index (χ1) is 5.75. The van der Waals surface area contributed by atoms with Crippen molar-refractivity contribution in [3.63, 3.8) is 0 Å². The van der Waals surface area contributed by atoms with E-state index in [0.29, 0.717) is 4.83 Å². The van der Waals surface area contributed by atoms with E-state index in [2.05, 4.69) is 35.0 Å². The van der Waals surface area contributed by atoms with E-state index in [1.165, 1.54) is 29.0 Å². The SMILES string of the molecule is Cc1ccc(C(Br)CC2CC2)s1. The summed E-state index contributed by atoms with van der Waals surface area (Å²) in [5.41, 5.74) is 0. The van der Waals surface area contributed by atoms with Gasteiger partial charge in [0.15, 0.2) is 0 Å². The molecule has 2 heteroatoms. The van der Waals surface area contributed by atoms with E-state index < -0.39 is 0 Å². The Morgan fingerprint density at radius 3 is 2.83 bits per heavy atom. The standard InChI is InChI=1S/C10H13BrS/c1-7-2-5-10(12-7)9(11)6-8-3-4-8/h2,5,8-9H,3-4,6H2,1H3. The largest absolute Gasteiger partial charge is 0.145 e. The van der Waals surface area contributed by atoms with Crippen LogP contribution in [-0.2, 0) is 0 Å². The number of halogens is 1. The lowest BCUT2D eigenvalue weighted by Gasteiger charge is -2.04. The summed E-state index contributed by atoms with van der Waals surface area (Å²) < 4.78 is 0. The Labute approximate surface area is 86.1 Å². The third-order valence-corrected chi connectivity index (χ3v) is 4.59. The molecule has 1 aliphatic rings. The van der Waals surface area contributed by atoms with Crippen molar-refractivity contribution in [2.75, 3.05) is 0 Å². The third-order valence-electron chi connectivity index (χ3n) is 2.31. The smallest absolute Gasteiger partial charge is 0.0491 e. The van der Waals surface area contributed by atoms with Gasteiger partial charge in [0.2, 0.25) is 0 Å². The molecule has 0 aliphatic heterocycles. The molecule has 1 saturated carbocycles. The summed E-state index contributed by atoms with van der Waals surface area (Å²) in [4.78, 5) is 3.54. The molecule has 0 spiro atoms.